The van der Waals surface area contributed by atoms with E-state index in [-0.39, 0.29) is 28.6 Å². The van der Waals surface area contributed by atoms with E-state index in [1.807, 2.05) is 6.92 Å². The molecule has 2 N–H and O–H groups in total. The minimum absolute atomic E-state index is 0.0752. The Kier molecular flexibility index (Phi) is 5.25. The Bertz CT molecular complexity index is 1790. The largest absolute Gasteiger partial charge is 0.434 e. The van der Waals surface area contributed by atoms with E-state index in [1.165, 1.54) is 35.6 Å². The van der Waals surface area contributed by atoms with Crippen LogP contribution in [0.25, 0.3) is 16.9 Å². The molecule has 1 aliphatic heterocycles. The van der Waals surface area contributed by atoms with Crippen LogP contribution in [0.1, 0.15) is 71.3 Å². The van der Waals surface area contributed by atoms with Crippen molar-refractivity contribution in [1.29, 1.82) is 5.26 Å². The standard InChI is InChI=1S/C28H23F3N8O2/c1-27(12-32)10-28(33,11-27)24-34-7-13(8-35-24)16-9-39-21-15-6-17(20(21)36-26(39)37-22(16)29)38(2)23(40)14-4-3-5-18(19(14)15)41-25(30)31/h3-5,7-9,15,17,25H,6,10-11,33H2,1-2H3. The molecule has 41 heavy (non-hydrogen) atoms. The minimum Gasteiger partial charge on any atom is -0.434 e. The summed E-state index contributed by atoms with van der Waals surface area (Å²) in [5, 5.41) is 9.33. The Morgan fingerprint density at radius 2 is 1.93 bits per heavy atom. The maximum atomic E-state index is 15.3. The Morgan fingerprint density at radius 3 is 2.61 bits per heavy atom. The summed E-state index contributed by atoms with van der Waals surface area (Å²) in [4.78, 5) is 32.2. The van der Waals surface area contributed by atoms with E-state index in [1.54, 1.807) is 17.5 Å². The summed E-state index contributed by atoms with van der Waals surface area (Å²) in [5.74, 6) is -1.32. The molecule has 208 valence electrons. The number of benzene rings is 1. The number of alkyl halides is 2. The first-order valence-electron chi connectivity index (χ1n) is 13.0. The Balaban J connectivity index is 1.34. The Hall–Kier alpha value is -4.57. The molecule has 4 aromatic rings. The van der Waals surface area contributed by atoms with Crippen molar-refractivity contribution in [3.63, 3.8) is 0 Å². The minimum atomic E-state index is -3.08. The van der Waals surface area contributed by atoms with Crippen LogP contribution in [-0.4, -0.2) is 48.8 Å². The molecule has 13 heteroatoms. The zero-order valence-electron chi connectivity index (χ0n) is 22.0. The van der Waals surface area contributed by atoms with Gasteiger partial charge in [-0.05, 0) is 38.3 Å². The van der Waals surface area contributed by atoms with Crippen molar-refractivity contribution in [2.75, 3.05) is 7.05 Å². The van der Waals surface area contributed by atoms with Crippen molar-refractivity contribution in [3.05, 3.63) is 71.1 Å². The second-order valence-electron chi connectivity index (χ2n) is 11.3. The van der Waals surface area contributed by atoms with Gasteiger partial charge in [-0.2, -0.15) is 23.4 Å². The number of nitriles is 1. The third-order valence-electron chi connectivity index (χ3n) is 8.48. The average Bonchev–Trinajstić information content (AvgIpc) is 3.44. The zero-order chi connectivity index (χ0) is 28.8. The fraction of sp³-hybridized carbons (Fsp3) is 0.357. The molecule has 7 rings (SSSR count). The summed E-state index contributed by atoms with van der Waals surface area (Å²) in [6.07, 6.45) is 5.67. The number of rotatable bonds is 4. The molecular formula is C28H23F3N8O2. The number of ether oxygens (including phenoxy) is 1. The Labute approximate surface area is 231 Å². The van der Waals surface area contributed by atoms with Gasteiger partial charge >= 0.3 is 6.61 Å². The molecule has 1 aromatic carbocycles. The first kappa shape index (κ1) is 25.4. The second kappa shape index (κ2) is 8.47. The van der Waals surface area contributed by atoms with Crippen molar-refractivity contribution in [1.82, 2.24) is 29.2 Å². The molecule has 3 aromatic heterocycles. The van der Waals surface area contributed by atoms with Crippen molar-refractivity contribution in [2.24, 2.45) is 11.1 Å². The summed E-state index contributed by atoms with van der Waals surface area (Å²) in [6.45, 7) is -1.25. The molecule has 2 bridgehead atoms. The lowest BCUT2D eigenvalue weighted by molar-refractivity contribution is -0.0506. The number of carbonyl (C=O) groups is 1. The highest BCUT2D eigenvalue weighted by Gasteiger charge is 2.53. The fourth-order valence-corrected chi connectivity index (χ4v) is 6.74. The molecule has 1 amide bonds. The number of carbonyl (C=O) groups excluding carboxylic acids is 1. The highest BCUT2D eigenvalue weighted by atomic mass is 19.3. The van der Waals surface area contributed by atoms with Gasteiger partial charge in [0, 0.05) is 48.2 Å². The van der Waals surface area contributed by atoms with Crippen LogP contribution in [0.15, 0.2) is 36.8 Å². The second-order valence-corrected chi connectivity index (χ2v) is 11.3. The van der Waals surface area contributed by atoms with Gasteiger partial charge < -0.3 is 15.4 Å². The number of hydrogen-bond acceptors (Lipinski definition) is 8. The smallest absolute Gasteiger partial charge is 0.387 e. The lowest BCUT2D eigenvalue weighted by Gasteiger charge is -2.47. The number of halogens is 3. The SMILES string of the molecule is CN1C(=O)c2cccc(OC(F)F)c2C2CC1c1nc3nc(F)c(-c4cnc(C5(N)CC(C)(C#N)C5)nc4)cn3c12. The van der Waals surface area contributed by atoms with Crippen molar-refractivity contribution in [2.45, 2.75) is 50.3 Å². The number of nitrogens with two attached hydrogens (primary N) is 1. The molecule has 1 fully saturated rings. The summed E-state index contributed by atoms with van der Waals surface area (Å²) in [7, 11) is 1.63. The summed E-state index contributed by atoms with van der Waals surface area (Å²) >= 11 is 0. The quantitative estimate of drug-likeness (QED) is 0.369. The third-order valence-corrected chi connectivity index (χ3v) is 8.48. The molecule has 0 spiro atoms. The van der Waals surface area contributed by atoms with E-state index >= 15 is 4.39 Å². The van der Waals surface area contributed by atoms with E-state index in [2.05, 4.69) is 26.0 Å². The number of aromatic nitrogens is 5. The normalized spacial score (nSPS) is 26.4. The van der Waals surface area contributed by atoms with Gasteiger partial charge in [-0.25, -0.2) is 15.0 Å². The predicted octanol–water partition coefficient (Wildman–Crippen LogP) is 4.07. The predicted molar refractivity (Wildman–Crippen MR) is 137 cm³/mol. The maximum Gasteiger partial charge on any atom is 0.387 e. The van der Waals surface area contributed by atoms with Gasteiger partial charge in [-0.15, -0.1) is 0 Å². The Morgan fingerprint density at radius 1 is 1.20 bits per heavy atom. The summed E-state index contributed by atoms with van der Waals surface area (Å²) in [5.41, 5.74) is 7.25. The average molecular weight is 561 g/mol. The topological polar surface area (TPSA) is 135 Å². The van der Waals surface area contributed by atoms with E-state index in [0.29, 0.717) is 47.6 Å². The van der Waals surface area contributed by atoms with Crippen molar-refractivity contribution < 1.29 is 22.7 Å². The lowest BCUT2D eigenvalue weighted by atomic mass is 9.59. The third kappa shape index (κ3) is 3.63. The van der Waals surface area contributed by atoms with Gasteiger partial charge in [0.05, 0.1) is 40.0 Å². The van der Waals surface area contributed by atoms with Crippen LogP contribution in [0.4, 0.5) is 13.2 Å². The van der Waals surface area contributed by atoms with Gasteiger partial charge in [-0.1, -0.05) is 6.07 Å². The lowest BCUT2D eigenvalue weighted by Crippen LogP contribution is -2.54. The van der Waals surface area contributed by atoms with Gasteiger partial charge in [-0.3, -0.25) is 9.20 Å². The molecule has 2 aliphatic carbocycles. The molecule has 1 saturated carbocycles. The van der Waals surface area contributed by atoms with Crippen LogP contribution in [0.2, 0.25) is 0 Å². The fourth-order valence-electron chi connectivity index (χ4n) is 6.74. The number of imidazole rings is 1. The highest BCUT2D eigenvalue weighted by molar-refractivity contribution is 5.98. The molecule has 0 saturated heterocycles. The van der Waals surface area contributed by atoms with E-state index in [0.717, 1.165) is 0 Å². The van der Waals surface area contributed by atoms with Crippen molar-refractivity contribution >= 4 is 11.7 Å². The van der Waals surface area contributed by atoms with E-state index in [9.17, 15) is 18.8 Å². The molecule has 2 atom stereocenters. The van der Waals surface area contributed by atoms with Gasteiger partial charge in [0.25, 0.3) is 5.91 Å². The summed E-state index contributed by atoms with van der Waals surface area (Å²) in [6, 6.07) is 6.29. The monoisotopic (exact) mass is 560 g/mol. The van der Waals surface area contributed by atoms with Crippen LogP contribution in [0.3, 0.4) is 0 Å². The molecule has 0 radical (unpaired) electrons. The van der Waals surface area contributed by atoms with Crippen LogP contribution in [-0.2, 0) is 5.54 Å². The van der Waals surface area contributed by atoms with Crippen LogP contribution >= 0.6 is 0 Å². The maximum absolute atomic E-state index is 15.3. The van der Waals surface area contributed by atoms with E-state index < -0.39 is 35.5 Å². The number of fused-ring (bicyclic) bond motifs is 9. The number of amides is 1. The number of nitrogens with zero attached hydrogens (tertiary/aromatic N) is 7. The molecule has 3 aliphatic rings. The molecule has 2 unspecified atom stereocenters. The van der Waals surface area contributed by atoms with Gasteiger partial charge in [0.2, 0.25) is 11.7 Å². The summed E-state index contributed by atoms with van der Waals surface area (Å²) < 4.78 is 48.5. The zero-order valence-corrected chi connectivity index (χ0v) is 22.0. The van der Waals surface area contributed by atoms with Crippen molar-refractivity contribution in [3.8, 4) is 22.9 Å². The number of hydrogen-bond donors (Lipinski definition) is 1. The van der Waals surface area contributed by atoms with Crippen LogP contribution < -0.4 is 10.5 Å². The molecular weight excluding hydrogens is 537 g/mol. The van der Waals surface area contributed by atoms with E-state index in [4.69, 9.17) is 10.5 Å². The van der Waals surface area contributed by atoms with Crippen LogP contribution in [0, 0.1) is 22.7 Å². The molecule has 10 nitrogen and oxygen atoms in total. The van der Waals surface area contributed by atoms with Crippen LogP contribution in [0.5, 0.6) is 5.75 Å². The van der Waals surface area contributed by atoms with Gasteiger partial charge in [0.1, 0.15) is 11.6 Å². The molecule has 4 heterocycles. The first-order chi connectivity index (χ1) is 19.5. The highest BCUT2D eigenvalue weighted by Crippen LogP contribution is 2.53. The first-order valence-corrected chi connectivity index (χ1v) is 13.0. The van der Waals surface area contributed by atoms with Gasteiger partial charge in [0.15, 0.2) is 0 Å².